The fourth-order valence-corrected chi connectivity index (χ4v) is 4.83. The molecule has 2 aromatic rings. The van der Waals surface area contributed by atoms with E-state index in [1.165, 1.54) is 12.1 Å². The van der Waals surface area contributed by atoms with Gasteiger partial charge in [0.25, 0.3) is 5.91 Å². The van der Waals surface area contributed by atoms with Crippen LogP contribution in [0.3, 0.4) is 0 Å². The maximum atomic E-state index is 12.8. The molecule has 27 heavy (non-hydrogen) atoms. The van der Waals surface area contributed by atoms with Crippen molar-refractivity contribution in [1.29, 1.82) is 0 Å². The Balaban J connectivity index is 1.70. The first-order valence-electron chi connectivity index (χ1n) is 9.44. The van der Waals surface area contributed by atoms with Crippen molar-refractivity contribution in [2.24, 2.45) is 0 Å². The Morgan fingerprint density at radius 1 is 0.926 bits per heavy atom. The van der Waals surface area contributed by atoms with Gasteiger partial charge in [0.2, 0.25) is 10.0 Å². The maximum absolute atomic E-state index is 12.8. The second kappa shape index (κ2) is 8.67. The van der Waals surface area contributed by atoms with Crippen LogP contribution in [0.4, 0.5) is 0 Å². The van der Waals surface area contributed by atoms with Crippen LogP contribution in [0.25, 0.3) is 0 Å². The quantitative estimate of drug-likeness (QED) is 0.851. The minimum Gasteiger partial charge on any atom is -0.346 e. The summed E-state index contributed by atoms with van der Waals surface area (Å²) < 4.78 is 27.2. The van der Waals surface area contributed by atoms with Gasteiger partial charge in [0.1, 0.15) is 0 Å². The van der Waals surface area contributed by atoms with Crippen LogP contribution in [-0.4, -0.2) is 31.7 Å². The highest BCUT2D eigenvalue weighted by molar-refractivity contribution is 7.89. The number of benzene rings is 2. The van der Waals surface area contributed by atoms with Gasteiger partial charge in [0.15, 0.2) is 0 Å². The summed E-state index contributed by atoms with van der Waals surface area (Å²) in [5, 5.41) is 2.94. The molecule has 0 radical (unpaired) electrons. The van der Waals surface area contributed by atoms with Crippen LogP contribution in [0.15, 0.2) is 59.5 Å². The average Bonchev–Trinajstić information content (AvgIpc) is 2.99. The van der Waals surface area contributed by atoms with Gasteiger partial charge in [0, 0.05) is 18.7 Å². The lowest BCUT2D eigenvalue weighted by atomic mass is 10.1. The number of hydrogen-bond acceptors (Lipinski definition) is 3. The van der Waals surface area contributed by atoms with Crippen LogP contribution in [0.2, 0.25) is 0 Å². The Bertz CT molecular complexity index is 856. The second-order valence-electron chi connectivity index (χ2n) is 6.95. The van der Waals surface area contributed by atoms with E-state index >= 15 is 0 Å². The molecule has 6 heteroatoms. The van der Waals surface area contributed by atoms with E-state index in [9.17, 15) is 13.2 Å². The van der Waals surface area contributed by atoms with E-state index in [0.29, 0.717) is 18.7 Å². The topological polar surface area (TPSA) is 66.5 Å². The fourth-order valence-electron chi connectivity index (χ4n) is 3.31. The van der Waals surface area contributed by atoms with Crippen LogP contribution in [-0.2, 0) is 10.0 Å². The molecular weight excluding hydrogens is 360 g/mol. The minimum absolute atomic E-state index is 0.126. The molecule has 1 N–H and O–H groups in total. The van der Waals surface area contributed by atoms with Crippen molar-refractivity contribution in [1.82, 2.24) is 9.62 Å². The summed E-state index contributed by atoms with van der Waals surface area (Å²) in [6, 6.07) is 15.8. The van der Waals surface area contributed by atoms with Gasteiger partial charge in [-0.15, -0.1) is 0 Å². The zero-order valence-electron chi connectivity index (χ0n) is 15.6. The van der Waals surface area contributed by atoms with Crippen molar-refractivity contribution in [2.75, 3.05) is 13.1 Å². The first kappa shape index (κ1) is 19.6. The summed E-state index contributed by atoms with van der Waals surface area (Å²) in [5.41, 5.74) is 1.47. The number of sulfonamides is 1. The molecule has 0 aromatic heterocycles. The molecule has 0 unspecified atom stereocenters. The lowest BCUT2D eigenvalue weighted by Gasteiger charge is -2.20. The summed E-state index contributed by atoms with van der Waals surface area (Å²) in [4.78, 5) is 12.7. The zero-order chi connectivity index (χ0) is 19.3. The predicted octanol–water partition coefficient (Wildman–Crippen LogP) is 3.74. The summed E-state index contributed by atoms with van der Waals surface area (Å²) in [7, 11) is -3.49. The Morgan fingerprint density at radius 2 is 1.52 bits per heavy atom. The minimum atomic E-state index is -3.49. The Morgan fingerprint density at radius 3 is 2.11 bits per heavy atom. The highest BCUT2D eigenvalue weighted by atomic mass is 32.2. The van der Waals surface area contributed by atoms with Crippen LogP contribution >= 0.6 is 0 Å². The van der Waals surface area contributed by atoms with E-state index < -0.39 is 10.0 Å². The number of carbonyl (C=O) groups is 1. The lowest BCUT2D eigenvalue weighted by Crippen LogP contribution is -2.32. The highest BCUT2D eigenvalue weighted by Gasteiger charge is 2.25. The highest BCUT2D eigenvalue weighted by Crippen LogP contribution is 2.21. The van der Waals surface area contributed by atoms with Crippen LogP contribution < -0.4 is 5.32 Å². The summed E-state index contributed by atoms with van der Waals surface area (Å²) >= 11 is 0. The number of rotatable bonds is 5. The van der Waals surface area contributed by atoms with Gasteiger partial charge >= 0.3 is 0 Å². The Kier molecular flexibility index (Phi) is 6.29. The SMILES string of the molecule is C[C@H](NC(=O)c1ccc(S(=O)(=O)N2CCCCCC2)cc1)c1ccccc1. The zero-order valence-corrected chi connectivity index (χ0v) is 16.4. The number of nitrogens with one attached hydrogen (secondary N) is 1. The summed E-state index contributed by atoms with van der Waals surface area (Å²) in [5.74, 6) is -0.218. The van der Waals surface area contributed by atoms with Crippen molar-refractivity contribution in [3.63, 3.8) is 0 Å². The second-order valence-corrected chi connectivity index (χ2v) is 8.89. The predicted molar refractivity (Wildman–Crippen MR) is 106 cm³/mol. The lowest BCUT2D eigenvalue weighted by molar-refractivity contribution is 0.0940. The Hall–Kier alpha value is -2.18. The van der Waals surface area contributed by atoms with Crippen LogP contribution in [0.1, 0.15) is 54.6 Å². The molecule has 1 atom stereocenters. The van der Waals surface area contributed by atoms with Gasteiger partial charge in [-0.2, -0.15) is 4.31 Å². The molecule has 0 spiro atoms. The average molecular weight is 387 g/mol. The smallest absolute Gasteiger partial charge is 0.251 e. The van der Waals surface area contributed by atoms with Crippen LogP contribution in [0.5, 0.6) is 0 Å². The molecule has 1 saturated heterocycles. The van der Waals surface area contributed by atoms with Crippen molar-refractivity contribution in [3.05, 3.63) is 65.7 Å². The molecular formula is C21H26N2O3S. The monoisotopic (exact) mass is 386 g/mol. The molecule has 0 aliphatic carbocycles. The largest absolute Gasteiger partial charge is 0.346 e. The van der Waals surface area contributed by atoms with Gasteiger partial charge in [0.05, 0.1) is 10.9 Å². The van der Waals surface area contributed by atoms with E-state index in [2.05, 4.69) is 5.32 Å². The van der Waals surface area contributed by atoms with E-state index in [4.69, 9.17) is 0 Å². The van der Waals surface area contributed by atoms with E-state index in [-0.39, 0.29) is 16.8 Å². The van der Waals surface area contributed by atoms with Gasteiger partial charge < -0.3 is 5.32 Å². The molecule has 1 aliphatic rings. The van der Waals surface area contributed by atoms with E-state index in [1.54, 1.807) is 16.4 Å². The van der Waals surface area contributed by atoms with Crippen molar-refractivity contribution < 1.29 is 13.2 Å². The number of carbonyl (C=O) groups excluding carboxylic acids is 1. The standard InChI is InChI=1S/C21H26N2O3S/c1-17(18-9-5-4-6-10-18)22-21(24)19-11-13-20(14-12-19)27(25,26)23-15-7-2-3-8-16-23/h4-6,9-14,17H,2-3,7-8,15-16H2,1H3,(H,22,24)/t17-/m0/s1. The van der Waals surface area contributed by atoms with E-state index in [0.717, 1.165) is 31.2 Å². The van der Waals surface area contributed by atoms with Gasteiger partial charge in [-0.3, -0.25) is 4.79 Å². The maximum Gasteiger partial charge on any atom is 0.251 e. The molecule has 0 saturated carbocycles. The Labute approximate surface area is 161 Å². The fraction of sp³-hybridized carbons (Fsp3) is 0.381. The first-order valence-corrected chi connectivity index (χ1v) is 10.9. The third-order valence-corrected chi connectivity index (χ3v) is 6.88. The van der Waals surface area contributed by atoms with Gasteiger partial charge in [-0.25, -0.2) is 8.42 Å². The number of amides is 1. The molecule has 1 fully saturated rings. The molecule has 0 bridgehead atoms. The first-order chi connectivity index (χ1) is 13.0. The third kappa shape index (κ3) is 4.76. The van der Waals surface area contributed by atoms with E-state index in [1.807, 2.05) is 37.3 Å². The molecule has 144 valence electrons. The molecule has 2 aromatic carbocycles. The number of hydrogen-bond donors (Lipinski definition) is 1. The van der Waals surface area contributed by atoms with Crippen LogP contribution in [0, 0.1) is 0 Å². The summed E-state index contributed by atoms with van der Waals surface area (Å²) in [6.45, 7) is 3.06. The van der Waals surface area contributed by atoms with Crippen molar-refractivity contribution in [3.8, 4) is 0 Å². The molecule has 1 aliphatic heterocycles. The molecule has 3 rings (SSSR count). The summed E-state index contributed by atoms with van der Waals surface area (Å²) in [6.07, 6.45) is 3.95. The van der Waals surface area contributed by atoms with Crippen molar-refractivity contribution >= 4 is 15.9 Å². The third-order valence-electron chi connectivity index (χ3n) is 4.97. The molecule has 5 nitrogen and oxygen atoms in total. The normalized spacial score (nSPS) is 17.1. The number of nitrogens with zero attached hydrogens (tertiary/aromatic N) is 1. The van der Waals surface area contributed by atoms with Gasteiger partial charge in [-0.1, -0.05) is 43.2 Å². The molecule has 1 heterocycles. The molecule has 1 amide bonds. The van der Waals surface area contributed by atoms with Gasteiger partial charge in [-0.05, 0) is 49.6 Å². The van der Waals surface area contributed by atoms with Crippen molar-refractivity contribution in [2.45, 2.75) is 43.5 Å².